The van der Waals surface area contributed by atoms with Crippen LogP contribution in [0.4, 0.5) is 0 Å². The van der Waals surface area contributed by atoms with Gasteiger partial charge in [-0.1, -0.05) is 24.3 Å². The van der Waals surface area contributed by atoms with E-state index < -0.39 is 5.72 Å². The van der Waals surface area contributed by atoms with Crippen molar-refractivity contribution < 1.29 is 14.3 Å². The first-order valence-corrected chi connectivity index (χ1v) is 7.46. The summed E-state index contributed by atoms with van der Waals surface area (Å²) in [6.07, 6.45) is 1.60. The van der Waals surface area contributed by atoms with E-state index >= 15 is 0 Å². The number of fused-ring (bicyclic) bond motifs is 1. The number of ether oxygens (including phenoxy) is 2. The molecule has 0 saturated heterocycles. The van der Waals surface area contributed by atoms with Crippen molar-refractivity contribution in [1.82, 2.24) is 5.32 Å². The van der Waals surface area contributed by atoms with Crippen LogP contribution in [0.25, 0.3) is 5.70 Å². The zero-order valence-corrected chi connectivity index (χ0v) is 13.4. The highest BCUT2D eigenvalue weighted by Crippen LogP contribution is 2.33. The number of methoxy groups -OCH3 is 1. The Labute approximate surface area is 135 Å². The third-order valence-electron chi connectivity index (χ3n) is 3.63. The summed E-state index contributed by atoms with van der Waals surface area (Å²) >= 11 is 0. The van der Waals surface area contributed by atoms with Crippen LogP contribution in [0.3, 0.4) is 0 Å². The number of carbonyl (C=O) groups excluding carboxylic acids is 1. The molecule has 118 valence electrons. The normalized spacial score (nSPS) is 16.9. The van der Waals surface area contributed by atoms with Crippen molar-refractivity contribution in [3.8, 4) is 11.5 Å². The summed E-state index contributed by atoms with van der Waals surface area (Å²) in [4.78, 5) is 12.7. The molecule has 1 aliphatic rings. The lowest BCUT2D eigenvalue weighted by atomic mass is 10.0. The van der Waals surface area contributed by atoms with E-state index in [0.717, 1.165) is 17.0 Å². The fourth-order valence-corrected chi connectivity index (χ4v) is 2.64. The summed E-state index contributed by atoms with van der Waals surface area (Å²) in [5, 5.41) is 3.26. The van der Waals surface area contributed by atoms with Gasteiger partial charge < -0.3 is 14.8 Å². The van der Waals surface area contributed by atoms with E-state index in [-0.39, 0.29) is 5.78 Å². The van der Waals surface area contributed by atoms with Crippen molar-refractivity contribution in [1.29, 1.82) is 0 Å². The molecule has 0 radical (unpaired) electrons. The number of hydrogen-bond acceptors (Lipinski definition) is 4. The lowest BCUT2D eigenvalue weighted by Crippen LogP contribution is -2.46. The summed E-state index contributed by atoms with van der Waals surface area (Å²) in [5.41, 5.74) is 1.57. The number of benzene rings is 2. The van der Waals surface area contributed by atoms with Gasteiger partial charge in [-0.15, -0.1) is 0 Å². The molecule has 2 aromatic carbocycles. The predicted molar refractivity (Wildman–Crippen MR) is 89.6 cm³/mol. The number of ketones is 1. The molecule has 0 bridgehead atoms. The van der Waals surface area contributed by atoms with E-state index in [1.807, 2.05) is 50.2 Å². The largest absolute Gasteiger partial charge is 0.496 e. The summed E-state index contributed by atoms with van der Waals surface area (Å²) in [7, 11) is 1.56. The van der Waals surface area contributed by atoms with Crippen LogP contribution in [-0.4, -0.2) is 18.6 Å². The average molecular weight is 309 g/mol. The lowest BCUT2D eigenvalue weighted by Gasteiger charge is -2.36. The maximum absolute atomic E-state index is 12.7. The molecular weight excluding hydrogens is 290 g/mol. The first kappa shape index (κ1) is 15.2. The van der Waals surface area contributed by atoms with Crippen LogP contribution in [0.15, 0.2) is 54.6 Å². The van der Waals surface area contributed by atoms with Gasteiger partial charge in [0.15, 0.2) is 11.5 Å². The van der Waals surface area contributed by atoms with Crippen LogP contribution in [0.1, 0.15) is 29.8 Å². The molecule has 2 aromatic rings. The SMILES string of the molecule is COc1ccccc1C(=O)/C=C1/NC(C)(C)Oc2ccccc21. The van der Waals surface area contributed by atoms with Crippen molar-refractivity contribution in [2.75, 3.05) is 7.11 Å². The van der Waals surface area contributed by atoms with Crippen LogP contribution < -0.4 is 14.8 Å². The van der Waals surface area contributed by atoms with E-state index in [4.69, 9.17) is 9.47 Å². The summed E-state index contributed by atoms with van der Waals surface area (Å²) in [6, 6.07) is 14.9. The van der Waals surface area contributed by atoms with Crippen LogP contribution >= 0.6 is 0 Å². The number of para-hydroxylation sites is 2. The van der Waals surface area contributed by atoms with E-state index in [2.05, 4.69) is 5.32 Å². The van der Waals surface area contributed by atoms with E-state index in [1.54, 1.807) is 25.3 Å². The number of rotatable bonds is 3. The molecular formula is C19H19NO3. The molecule has 0 spiro atoms. The Hall–Kier alpha value is -2.75. The molecule has 0 aromatic heterocycles. The first-order chi connectivity index (χ1) is 11.0. The van der Waals surface area contributed by atoms with Crippen molar-refractivity contribution >= 4 is 11.5 Å². The predicted octanol–water partition coefficient (Wildman–Crippen LogP) is 3.64. The molecule has 4 nitrogen and oxygen atoms in total. The quantitative estimate of drug-likeness (QED) is 0.694. The highest BCUT2D eigenvalue weighted by atomic mass is 16.5. The summed E-state index contributed by atoms with van der Waals surface area (Å²) in [5.74, 6) is 1.21. The minimum Gasteiger partial charge on any atom is -0.496 e. The van der Waals surface area contributed by atoms with Crippen molar-refractivity contribution in [2.24, 2.45) is 0 Å². The van der Waals surface area contributed by atoms with Crippen molar-refractivity contribution in [3.63, 3.8) is 0 Å². The molecule has 0 atom stereocenters. The zero-order valence-electron chi connectivity index (χ0n) is 13.4. The van der Waals surface area contributed by atoms with Gasteiger partial charge in [0.1, 0.15) is 11.5 Å². The average Bonchev–Trinajstić information content (AvgIpc) is 2.53. The van der Waals surface area contributed by atoms with Crippen LogP contribution in [0.5, 0.6) is 11.5 Å². The molecule has 3 rings (SSSR count). The fraction of sp³-hybridized carbons (Fsp3) is 0.211. The van der Waals surface area contributed by atoms with Crippen molar-refractivity contribution in [3.05, 3.63) is 65.7 Å². The third kappa shape index (κ3) is 3.06. The highest BCUT2D eigenvalue weighted by Gasteiger charge is 2.29. The Balaban J connectivity index is 2.03. The standard InChI is InChI=1S/C19H19NO3/c1-19(2)20-15(13-8-4-7-11-18(13)23-19)12-16(21)14-9-5-6-10-17(14)22-3/h4-12,20H,1-3H3/b15-12+. The highest BCUT2D eigenvalue weighted by molar-refractivity contribution is 6.10. The molecule has 0 amide bonds. The number of nitrogens with one attached hydrogen (secondary N) is 1. The van der Waals surface area contributed by atoms with Crippen LogP contribution in [0, 0.1) is 0 Å². The maximum Gasteiger partial charge on any atom is 0.191 e. The number of carbonyl (C=O) groups is 1. The first-order valence-electron chi connectivity index (χ1n) is 7.46. The molecule has 0 saturated carbocycles. The molecule has 0 fully saturated rings. The monoisotopic (exact) mass is 309 g/mol. The second-order valence-electron chi connectivity index (χ2n) is 5.86. The van der Waals surface area contributed by atoms with Crippen LogP contribution in [-0.2, 0) is 0 Å². The Bertz CT molecular complexity index is 778. The van der Waals surface area contributed by atoms with Gasteiger partial charge in [0.05, 0.1) is 18.4 Å². The molecule has 1 N–H and O–H groups in total. The topological polar surface area (TPSA) is 47.6 Å². The Morgan fingerprint density at radius 3 is 2.61 bits per heavy atom. The summed E-state index contributed by atoms with van der Waals surface area (Å²) in [6.45, 7) is 3.84. The van der Waals surface area contributed by atoms with Gasteiger partial charge in [-0.3, -0.25) is 4.79 Å². The van der Waals surface area contributed by atoms with Crippen molar-refractivity contribution in [2.45, 2.75) is 19.6 Å². The minimum atomic E-state index is -0.582. The lowest BCUT2D eigenvalue weighted by molar-refractivity contribution is 0.0816. The minimum absolute atomic E-state index is 0.113. The van der Waals surface area contributed by atoms with Crippen LogP contribution in [0.2, 0.25) is 0 Å². The molecule has 0 unspecified atom stereocenters. The third-order valence-corrected chi connectivity index (χ3v) is 3.63. The molecule has 1 aliphatic heterocycles. The zero-order chi connectivity index (χ0) is 16.4. The molecule has 23 heavy (non-hydrogen) atoms. The Morgan fingerprint density at radius 2 is 1.83 bits per heavy atom. The van der Waals surface area contributed by atoms with Gasteiger partial charge in [-0.05, 0) is 38.1 Å². The van der Waals surface area contributed by atoms with Gasteiger partial charge in [-0.2, -0.15) is 0 Å². The van der Waals surface area contributed by atoms with Gasteiger partial charge in [0, 0.05) is 11.6 Å². The number of allylic oxidation sites excluding steroid dienone is 1. The van der Waals surface area contributed by atoms with E-state index in [1.165, 1.54) is 0 Å². The fourth-order valence-electron chi connectivity index (χ4n) is 2.64. The number of hydrogen-bond donors (Lipinski definition) is 1. The maximum atomic E-state index is 12.7. The van der Waals surface area contributed by atoms with E-state index in [9.17, 15) is 4.79 Å². The summed E-state index contributed by atoms with van der Waals surface area (Å²) < 4.78 is 11.2. The van der Waals surface area contributed by atoms with E-state index in [0.29, 0.717) is 11.3 Å². The second-order valence-corrected chi connectivity index (χ2v) is 5.86. The molecule has 4 heteroatoms. The molecule has 1 heterocycles. The van der Waals surface area contributed by atoms with Gasteiger partial charge in [-0.25, -0.2) is 0 Å². The smallest absolute Gasteiger partial charge is 0.191 e. The van der Waals surface area contributed by atoms with Gasteiger partial charge in [0.25, 0.3) is 0 Å². The Morgan fingerprint density at radius 1 is 1.13 bits per heavy atom. The molecule has 0 aliphatic carbocycles. The second kappa shape index (κ2) is 5.80. The Kier molecular flexibility index (Phi) is 3.82. The van der Waals surface area contributed by atoms with Gasteiger partial charge >= 0.3 is 0 Å². The van der Waals surface area contributed by atoms with Gasteiger partial charge in [0.2, 0.25) is 0 Å².